The van der Waals surface area contributed by atoms with Gasteiger partial charge in [0.25, 0.3) is 11.8 Å². The van der Waals surface area contributed by atoms with Gasteiger partial charge < -0.3 is 24.6 Å². The predicted molar refractivity (Wildman–Crippen MR) is 105 cm³/mol. The highest BCUT2D eigenvalue weighted by Gasteiger charge is 2.41. The van der Waals surface area contributed by atoms with Crippen molar-refractivity contribution in [1.29, 1.82) is 0 Å². The van der Waals surface area contributed by atoms with E-state index in [1.54, 1.807) is 19.1 Å². The monoisotopic (exact) mass is 415 g/mol. The summed E-state index contributed by atoms with van der Waals surface area (Å²) >= 11 is 0. The minimum atomic E-state index is -0.944. The Labute approximate surface area is 171 Å². The van der Waals surface area contributed by atoms with Crippen LogP contribution in [0, 0.1) is 12.7 Å². The third-order valence-corrected chi connectivity index (χ3v) is 5.57. The molecule has 158 valence electrons. The van der Waals surface area contributed by atoms with E-state index in [0.717, 1.165) is 5.56 Å². The molecule has 2 aliphatic heterocycles. The van der Waals surface area contributed by atoms with Gasteiger partial charge in [-0.2, -0.15) is 0 Å². The number of nitrogens with one attached hydrogen (secondary N) is 1. The molecule has 30 heavy (non-hydrogen) atoms. The summed E-state index contributed by atoms with van der Waals surface area (Å²) in [5.41, 5.74) is -0.408. The minimum Gasteiger partial charge on any atom is -0.503 e. The van der Waals surface area contributed by atoms with Crippen molar-refractivity contribution >= 4 is 11.8 Å². The second-order valence-corrected chi connectivity index (χ2v) is 7.67. The topological polar surface area (TPSA) is 101 Å². The van der Waals surface area contributed by atoms with Crippen LogP contribution in [0.15, 0.2) is 29.2 Å². The molecule has 0 bridgehead atoms. The predicted octanol–water partition coefficient (Wildman–Crippen LogP) is 1.52. The molecule has 2 amide bonds. The van der Waals surface area contributed by atoms with E-state index >= 15 is 0 Å². The van der Waals surface area contributed by atoms with Crippen molar-refractivity contribution < 1.29 is 23.8 Å². The van der Waals surface area contributed by atoms with Gasteiger partial charge in [0.05, 0.1) is 13.2 Å². The first kappa shape index (κ1) is 20.1. The van der Waals surface area contributed by atoms with Gasteiger partial charge in [0.15, 0.2) is 17.7 Å². The lowest BCUT2D eigenvalue weighted by Gasteiger charge is -2.44. The molecule has 1 saturated heterocycles. The molecule has 0 saturated carbocycles. The Morgan fingerprint density at radius 1 is 1.37 bits per heavy atom. The number of aryl methyl sites for hydroxylation is 1. The Balaban J connectivity index is 1.63. The Kier molecular flexibility index (Phi) is 5.07. The van der Waals surface area contributed by atoms with Crippen LogP contribution in [0.4, 0.5) is 4.39 Å². The van der Waals surface area contributed by atoms with E-state index in [4.69, 9.17) is 4.74 Å². The second kappa shape index (κ2) is 7.56. The third-order valence-electron chi connectivity index (χ3n) is 5.57. The van der Waals surface area contributed by atoms with Crippen molar-refractivity contribution in [3.63, 3.8) is 0 Å². The lowest BCUT2D eigenvalue weighted by atomic mass is 10.1. The molecular weight excluding hydrogens is 393 g/mol. The number of carbonyl (C=O) groups excluding carboxylic acids is 2. The number of ether oxygens (including phenoxy) is 1. The van der Waals surface area contributed by atoms with Crippen LogP contribution in [-0.4, -0.2) is 45.3 Å². The Morgan fingerprint density at radius 2 is 2.13 bits per heavy atom. The largest absolute Gasteiger partial charge is 0.503 e. The number of amides is 2. The van der Waals surface area contributed by atoms with Crippen molar-refractivity contribution in [3.8, 4) is 5.75 Å². The van der Waals surface area contributed by atoms with Crippen LogP contribution in [0.25, 0.3) is 0 Å². The molecule has 0 spiro atoms. The van der Waals surface area contributed by atoms with E-state index < -0.39 is 35.0 Å². The molecule has 8 nitrogen and oxygen atoms in total. The first-order valence-corrected chi connectivity index (χ1v) is 9.72. The molecule has 0 aliphatic carbocycles. The van der Waals surface area contributed by atoms with Gasteiger partial charge in [-0.3, -0.25) is 14.4 Å². The third kappa shape index (κ3) is 3.35. The number of pyridine rings is 1. The molecule has 2 N–H and O–H groups in total. The summed E-state index contributed by atoms with van der Waals surface area (Å²) in [5.74, 6) is -2.51. The number of aromatic nitrogens is 1. The highest BCUT2D eigenvalue weighted by atomic mass is 19.1. The normalized spacial score (nSPS) is 20.5. The summed E-state index contributed by atoms with van der Waals surface area (Å²) in [4.78, 5) is 39.6. The van der Waals surface area contributed by atoms with Crippen molar-refractivity contribution in [2.45, 2.75) is 45.6 Å². The molecule has 0 radical (unpaired) electrons. The Morgan fingerprint density at radius 3 is 2.87 bits per heavy atom. The molecule has 3 heterocycles. The van der Waals surface area contributed by atoms with Crippen LogP contribution in [0.2, 0.25) is 0 Å². The lowest BCUT2D eigenvalue weighted by molar-refractivity contribution is -0.112. The summed E-state index contributed by atoms with van der Waals surface area (Å²) in [5, 5.41) is 12.9. The zero-order valence-electron chi connectivity index (χ0n) is 16.6. The fourth-order valence-corrected chi connectivity index (χ4v) is 3.89. The summed E-state index contributed by atoms with van der Waals surface area (Å²) in [7, 11) is 0. The number of rotatable bonds is 3. The maximum Gasteiger partial charge on any atom is 0.276 e. The standard InChI is InChI=1S/C21H22FN3O5/c1-11-3-4-13(15(22)7-11)8-23-20(28)14-9-24-10-16-25(12(2)5-6-30-16)21(29)17(24)19(27)18(14)26/h3-4,7,9,12,16,27H,5-6,8,10H2,1-2H3,(H,23,28)/t12-,16?/m1/s1. The van der Waals surface area contributed by atoms with Crippen LogP contribution in [0.3, 0.4) is 0 Å². The van der Waals surface area contributed by atoms with E-state index in [1.165, 1.54) is 21.7 Å². The van der Waals surface area contributed by atoms with Gasteiger partial charge in [0.1, 0.15) is 11.4 Å². The molecule has 1 fully saturated rings. The van der Waals surface area contributed by atoms with Crippen LogP contribution in [-0.2, 0) is 17.8 Å². The van der Waals surface area contributed by atoms with Crippen molar-refractivity contribution in [2.24, 2.45) is 0 Å². The molecule has 2 aromatic rings. The zero-order valence-corrected chi connectivity index (χ0v) is 16.6. The number of benzene rings is 1. The fourth-order valence-electron chi connectivity index (χ4n) is 3.89. The second-order valence-electron chi connectivity index (χ2n) is 7.67. The number of carbonyl (C=O) groups is 2. The van der Waals surface area contributed by atoms with E-state index in [-0.39, 0.29) is 36.0 Å². The lowest BCUT2D eigenvalue weighted by Crippen LogP contribution is -2.57. The SMILES string of the molecule is Cc1ccc(CNC(=O)c2cn3c(c(O)c2=O)C(=O)N2C(C3)OCC[C@H]2C)c(F)c1. The zero-order chi connectivity index (χ0) is 21.6. The number of hydrogen-bond acceptors (Lipinski definition) is 5. The van der Waals surface area contributed by atoms with Crippen LogP contribution >= 0.6 is 0 Å². The van der Waals surface area contributed by atoms with E-state index in [9.17, 15) is 23.9 Å². The Bertz CT molecular complexity index is 1100. The minimum absolute atomic E-state index is 0.0908. The summed E-state index contributed by atoms with van der Waals surface area (Å²) in [6, 6.07) is 4.53. The van der Waals surface area contributed by atoms with Gasteiger partial charge in [-0.25, -0.2) is 4.39 Å². The number of nitrogens with zero attached hydrogens (tertiary/aromatic N) is 2. The van der Waals surface area contributed by atoms with Crippen molar-refractivity contribution in [2.75, 3.05) is 6.61 Å². The fraction of sp³-hybridized carbons (Fsp3) is 0.381. The average Bonchev–Trinajstić information content (AvgIpc) is 2.69. The summed E-state index contributed by atoms with van der Waals surface area (Å²) in [6.45, 7) is 4.19. The van der Waals surface area contributed by atoms with Crippen molar-refractivity contribution in [1.82, 2.24) is 14.8 Å². The quantitative estimate of drug-likeness (QED) is 0.792. The molecule has 1 aromatic heterocycles. The number of halogens is 1. The maximum absolute atomic E-state index is 14.0. The van der Waals surface area contributed by atoms with Crippen molar-refractivity contribution in [3.05, 3.63) is 62.8 Å². The van der Waals surface area contributed by atoms with Gasteiger partial charge in [-0.15, -0.1) is 0 Å². The van der Waals surface area contributed by atoms with Crippen LogP contribution in [0.1, 0.15) is 45.3 Å². The highest BCUT2D eigenvalue weighted by Crippen LogP contribution is 2.29. The van der Waals surface area contributed by atoms with Crippen LogP contribution in [0.5, 0.6) is 5.75 Å². The Hall–Kier alpha value is -3.20. The molecule has 1 aromatic carbocycles. The van der Waals surface area contributed by atoms with E-state index in [2.05, 4.69) is 5.32 Å². The smallest absolute Gasteiger partial charge is 0.276 e. The molecule has 2 aliphatic rings. The van der Waals surface area contributed by atoms with Crippen LogP contribution < -0.4 is 10.7 Å². The number of hydrogen-bond donors (Lipinski definition) is 2. The van der Waals surface area contributed by atoms with Gasteiger partial charge in [0.2, 0.25) is 5.43 Å². The molecule has 1 unspecified atom stereocenters. The number of fused-ring (bicyclic) bond motifs is 2. The number of aromatic hydroxyl groups is 1. The van der Waals surface area contributed by atoms with Gasteiger partial charge in [-0.05, 0) is 31.9 Å². The molecular formula is C21H22FN3O5. The first-order chi connectivity index (χ1) is 14.3. The average molecular weight is 415 g/mol. The summed E-state index contributed by atoms with van der Waals surface area (Å²) in [6.07, 6.45) is 1.37. The van der Waals surface area contributed by atoms with Gasteiger partial charge >= 0.3 is 0 Å². The highest BCUT2D eigenvalue weighted by molar-refractivity contribution is 5.99. The molecule has 2 atom stereocenters. The molecule has 9 heteroatoms. The van der Waals surface area contributed by atoms with E-state index in [0.29, 0.717) is 13.0 Å². The van der Waals surface area contributed by atoms with Gasteiger partial charge in [0, 0.05) is 24.3 Å². The first-order valence-electron chi connectivity index (χ1n) is 9.72. The van der Waals surface area contributed by atoms with E-state index in [1.807, 2.05) is 6.92 Å². The van der Waals surface area contributed by atoms with Gasteiger partial charge in [-0.1, -0.05) is 12.1 Å². The molecule has 4 rings (SSSR count). The summed E-state index contributed by atoms with van der Waals surface area (Å²) < 4.78 is 21.0. The maximum atomic E-state index is 14.0.